The number of aromatic nitrogens is 2. The molecule has 0 spiro atoms. The first-order valence-corrected chi connectivity index (χ1v) is 16.0. The van der Waals surface area contributed by atoms with Crippen LogP contribution in [0.4, 0.5) is 11.6 Å². The number of likely N-dealkylation sites (tertiary alicyclic amines) is 1. The van der Waals surface area contributed by atoms with Crippen LogP contribution in [0.3, 0.4) is 0 Å². The Labute approximate surface area is 258 Å². The second-order valence-corrected chi connectivity index (χ2v) is 12.4. The zero-order chi connectivity index (χ0) is 29.6. The lowest BCUT2D eigenvalue weighted by atomic mass is 9.97. The van der Waals surface area contributed by atoms with Gasteiger partial charge in [0.05, 0.1) is 12.7 Å². The molecule has 42 heavy (non-hydrogen) atoms. The summed E-state index contributed by atoms with van der Waals surface area (Å²) in [7, 11) is 0. The van der Waals surface area contributed by atoms with E-state index in [9.17, 15) is 4.79 Å². The van der Waals surface area contributed by atoms with Gasteiger partial charge in [0.2, 0.25) is 0 Å². The molecule has 0 bridgehead atoms. The van der Waals surface area contributed by atoms with E-state index in [2.05, 4.69) is 43.0 Å². The van der Waals surface area contributed by atoms with Crippen molar-refractivity contribution in [3.8, 4) is 5.75 Å². The number of carbonyl (C=O) groups is 1. The maximum absolute atomic E-state index is 12.3. The number of aliphatic hydroxyl groups is 1. The molecule has 2 saturated heterocycles. The van der Waals surface area contributed by atoms with Gasteiger partial charge in [0.1, 0.15) is 5.75 Å². The number of rotatable bonds is 10. The predicted octanol–water partition coefficient (Wildman–Crippen LogP) is 3.97. The fourth-order valence-corrected chi connectivity index (χ4v) is 6.96. The topological polar surface area (TPSA) is 120 Å². The number of anilines is 2. The molecule has 4 N–H and O–H groups in total. The molecule has 10 nitrogen and oxygen atoms in total. The molecule has 1 aliphatic carbocycles. The normalized spacial score (nSPS) is 21.1. The number of halogens is 2. The molecule has 5 rings (SSSR count). The number of nitrogens with one attached hydrogen (secondary N) is 1. The summed E-state index contributed by atoms with van der Waals surface area (Å²) in [6.45, 7) is 7.54. The second-order valence-electron chi connectivity index (χ2n) is 11.6. The van der Waals surface area contributed by atoms with E-state index in [-0.39, 0.29) is 29.8 Å². The van der Waals surface area contributed by atoms with Gasteiger partial charge in [-0.25, -0.2) is 9.97 Å². The number of hydrogen-bond donors (Lipinski definition) is 3. The van der Waals surface area contributed by atoms with Gasteiger partial charge in [-0.3, -0.25) is 14.6 Å². The van der Waals surface area contributed by atoms with E-state index in [1.165, 1.54) is 18.4 Å². The number of piperazine rings is 1. The average Bonchev–Trinajstić information content (AvgIpc) is 3.51. The van der Waals surface area contributed by atoms with E-state index in [0.29, 0.717) is 24.0 Å². The van der Waals surface area contributed by atoms with Crippen LogP contribution in [0, 0.1) is 0 Å². The Morgan fingerprint density at radius 3 is 2.60 bits per heavy atom. The minimum Gasteiger partial charge on any atom is -0.490 e. The van der Waals surface area contributed by atoms with Crippen LogP contribution in [0.1, 0.15) is 67.9 Å². The number of carbonyl (C=O) groups excluding carboxylic acids is 1. The monoisotopic (exact) mass is 619 g/mol. The van der Waals surface area contributed by atoms with Gasteiger partial charge >= 0.3 is 0 Å². The van der Waals surface area contributed by atoms with Gasteiger partial charge in [-0.1, -0.05) is 36.2 Å². The average molecular weight is 621 g/mol. The fraction of sp³-hybridized carbons (Fsp3) is 0.633. The van der Waals surface area contributed by atoms with Crippen LogP contribution >= 0.6 is 23.2 Å². The van der Waals surface area contributed by atoms with Crippen molar-refractivity contribution in [2.45, 2.75) is 76.6 Å². The third kappa shape index (κ3) is 7.39. The Kier molecular flexibility index (Phi) is 10.7. The van der Waals surface area contributed by atoms with Crippen molar-refractivity contribution in [3.05, 3.63) is 39.6 Å². The van der Waals surface area contributed by atoms with Crippen molar-refractivity contribution in [1.29, 1.82) is 0 Å². The number of amides is 1. The molecule has 1 atom stereocenters. The summed E-state index contributed by atoms with van der Waals surface area (Å²) in [5, 5.41) is 12.4. The molecule has 3 fully saturated rings. The number of nitrogens with zero attached hydrogens (tertiary/aromatic N) is 5. The van der Waals surface area contributed by atoms with E-state index in [1.807, 2.05) is 12.1 Å². The zero-order valence-electron chi connectivity index (χ0n) is 24.4. The Hall–Kier alpha value is -2.37. The van der Waals surface area contributed by atoms with Gasteiger partial charge in [-0.05, 0) is 70.2 Å². The third-order valence-electron chi connectivity index (χ3n) is 8.82. The molecule has 0 radical (unpaired) electrons. The van der Waals surface area contributed by atoms with Crippen LogP contribution in [-0.4, -0.2) is 94.8 Å². The van der Waals surface area contributed by atoms with E-state index >= 15 is 0 Å². The number of benzene rings is 1. The Morgan fingerprint density at radius 1 is 1.12 bits per heavy atom. The number of aliphatic hydroxyl groups excluding tert-OH is 1. The molecule has 2 aromatic rings. The summed E-state index contributed by atoms with van der Waals surface area (Å²) in [4.78, 5) is 28.4. The largest absolute Gasteiger partial charge is 0.490 e. The summed E-state index contributed by atoms with van der Waals surface area (Å²) in [5.41, 5.74) is 7.29. The molecule has 230 valence electrons. The highest BCUT2D eigenvalue weighted by Gasteiger charge is 2.35. The maximum Gasteiger partial charge on any atom is 0.273 e. The van der Waals surface area contributed by atoms with Crippen LogP contribution < -0.4 is 20.7 Å². The van der Waals surface area contributed by atoms with Crippen LogP contribution in [0.5, 0.6) is 5.75 Å². The van der Waals surface area contributed by atoms with Crippen molar-refractivity contribution >= 4 is 40.7 Å². The molecule has 1 amide bonds. The van der Waals surface area contributed by atoms with Crippen LogP contribution in [0.25, 0.3) is 0 Å². The highest BCUT2D eigenvalue weighted by molar-refractivity contribution is 6.32. The molecule has 3 aliphatic rings. The Morgan fingerprint density at radius 2 is 1.88 bits per heavy atom. The first-order valence-electron chi connectivity index (χ1n) is 15.3. The van der Waals surface area contributed by atoms with Crippen molar-refractivity contribution in [3.63, 3.8) is 0 Å². The van der Waals surface area contributed by atoms with Gasteiger partial charge < -0.3 is 25.8 Å². The fourth-order valence-electron chi connectivity index (χ4n) is 6.55. The first kappa shape index (κ1) is 31.1. The summed E-state index contributed by atoms with van der Waals surface area (Å²) >= 11 is 12.8. The number of ether oxygens (including phenoxy) is 1. The number of hydrogen-bond acceptors (Lipinski definition) is 9. The van der Waals surface area contributed by atoms with E-state index in [1.54, 1.807) is 0 Å². The molecule has 1 aromatic heterocycles. The van der Waals surface area contributed by atoms with Crippen molar-refractivity contribution < 1.29 is 14.6 Å². The Balaban J connectivity index is 1.17. The molecular weight excluding hydrogens is 577 g/mol. The van der Waals surface area contributed by atoms with E-state index in [4.69, 9.17) is 38.8 Å². The van der Waals surface area contributed by atoms with Crippen LogP contribution in [0.2, 0.25) is 10.2 Å². The van der Waals surface area contributed by atoms with Gasteiger partial charge in [-0.15, -0.1) is 0 Å². The summed E-state index contributed by atoms with van der Waals surface area (Å²) < 4.78 is 6.39. The van der Waals surface area contributed by atoms with E-state index in [0.717, 1.165) is 82.1 Å². The molecular formula is C30H43Cl2N7O3. The summed E-state index contributed by atoms with van der Waals surface area (Å²) in [5.74, 6) is 0.989. The van der Waals surface area contributed by atoms with Crippen LogP contribution in [0.15, 0.2) is 18.2 Å². The second kappa shape index (κ2) is 14.4. The van der Waals surface area contributed by atoms with E-state index < -0.39 is 5.91 Å². The smallest absolute Gasteiger partial charge is 0.273 e. The van der Waals surface area contributed by atoms with Crippen molar-refractivity contribution in [1.82, 2.24) is 25.1 Å². The third-order valence-corrected chi connectivity index (χ3v) is 9.31. The predicted molar refractivity (Wildman–Crippen MR) is 167 cm³/mol. The molecule has 1 aromatic carbocycles. The number of piperidine rings is 1. The highest BCUT2D eigenvalue weighted by atomic mass is 35.5. The quantitative estimate of drug-likeness (QED) is 0.363. The number of nitrogens with two attached hydrogens (primary N) is 1. The zero-order valence-corrected chi connectivity index (χ0v) is 25.9. The lowest BCUT2D eigenvalue weighted by Gasteiger charge is -2.47. The van der Waals surface area contributed by atoms with Crippen molar-refractivity contribution in [2.75, 3.05) is 56.5 Å². The molecule has 0 unspecified atom stereocenters. The number of nitrogen functional groups attached to an aromatic ring is 1. The standard InChI is InChI=1S/C30H43Cl2N7O3/c1-2-22-19-38(29-27(32)35-26(28(33)36-29)30(41)34-11-16-40)14-15-39(22)23-9-12-37(13-10-23)18-20-7-8-21(31)17-25(20)42-24-5-3-4-6-24/h7-8,17,22-24,40H,2-6,9-16,18-19H2,1H3,(H2,33,36)(H,34,41)/t22-/m0/s1. The molecule has 1 saturated carbocycles. The maximum atomic E-state index is 12.3. The molecule has 3 heterocycles. The molecule has 12 heteroatoms. The SMILES string of the molecule is CC[C@H]1CN(c2nc(N)c(C(=O)NCCO)nc2Cl)CCN1C1CCN(Cc2ccc(Cl)cc2OC2CCCC2)CC1. The minimum absolute atomic E-state index is 0.0227. The van der Waals surface area contributed by atoms with Gasteiger partial charge in [-0.2, -0.15) is 0 Å². The van der Waals surface area contributed by atoms with Gasteiger partial charge in [0.25, 0.3) is 5.91 Å². The molecule has 2 aliphatic heterocycles. The Bertz CT molecular complexity index is 1220. The minimum atomic E-state index is -0.501. The highest BCUT2D eigenvalue weighted by Crippen LogP contribution is 2.32. The van der Waals surface area contributed by atoms with Crippen molar-refractivity contribution in [2.24, 2.45) is 0 Å². The first-order chi connectivity index (χ1) is 20.4. The van der Waals surface area contributed by atoms with Gasteiger partial charge in [0, 0.05) is 55.4 Å². The summed E-state index contributed by atoms with van der Waals surface area (Å²) in [6, 6.07) is 6.96. The summed E-state index contributed by atoms with van der Waals surface area (Å²) in [6.07, 6.45) is 8.30. The van der Waals surface area contributed by atoms with Gasteiger partial charge in [0.15, 0.2) is 22.5 Å². The lowest BCUT2D eigenvalue weighted by Crippen LogP contribution is -2.58. The lowest BCUT2D eigenvalue weighted by molar-refractivity contribution is 0.0606. The van der Waals surface area contributed by atoms with Crippen LogP contribution in [-0.2, 0) is 6.54 Å².